The number of nitrogen functional groups attached to an aromatic ring is 1. The zero-order valence-electron chi connectivity index (χ0n) is 10.7. The van der Waals surface area contributed by atoms with Gasteiger partial charge in [0.1, 0.15) is 9.90 Å². The predicted molar refractivity (Wildman–Crippen MR) is 78.9 cm³/mol. The number of hydrogen-bond acceptors (Lipinski definition) is 5. The number of nitrogens with zero attached hydrogens (tertiary/aromatic N) is 1. The van der Waals surface area contributed by atoms with Gasteiger partial charge in [-0.15, -0.1) is 0 Å². The van der Waals surface area contributed by atoms with Crippen molar-refractivity contribution in [3.8, 4) is 11.3 Å². The monoisotopic (exact) mass is 296 g/mol. The molecule has 0 radical (unpaired) electrons. The van der Waals surface area contributed by atoms with Crippen molar-refractivity contribution in [1.82, 2.24) is 4.98 Å². The zero-order chi connectivity index (χ0) is 13.9. The summed E-state index contributed by atoms with van der Waals surface area (Å²) in [7, 11) is -3.30. The van der Waals surface area contributed by atoms with E-state index in [1.807, 2.05) is 37.3 Å². The van der Waals surface area contributed by atoms with Crippen molar-refractivity contribution in [2.75, 3.05) is 11.5 Å². The fourth-order valence-electron chi connectivity index (χ4n) is 1.74. The number of aromatic nitrogens is 1. The van der Waals surface area contributed by atoms with Gasteiger partial charge in [-0.1, -0.05) is 55.0 Å². The summed E-state index contributed by atoms with van der Waals surface area (Å²) >= 11 is 1.05. The minimum atomic E-state index is -3.30. The molecular weight excluding hydrogens is 280 g/mol. The van der Waals surface area contributed by atoms with Gasteiger partial charge in [0.05, 0.1) is 5.75 Å². The number of hydrogen-bond donors (Lipinski definition) is 1. The van der Waals surface area contributed by atoms with Gasteiger partial charge in [-0.05, 0) is 6.42 Å². The fourth-order valence-corrected chi connectivity index (χ4v) is 4.65. The van der Waals surface area contributed by atoms with Crippen LogP contribution in [0.2, 0.25) is 0 Å². The quantitative estimate of drug-likeness (QED) is 0.920. The predicted octanol–water partition coefficient (Wildman–Crippen LogP) is 2.97. The van der Waals surface area contributed by atoms with Crippen LogP contribution in [-0.2, 0) is 9.84 Å². The van der Waals surface area contributed by atoms with E-state index in [0.717, 1.165) is 23.3 Å². The lowest BCUT2D eigenvalue weighted by Crippen LogP contribution is -2.06. The van der Waals surface area contributed by atoms with Gasteiger partial charge in [-0.25, -0.2) is 13.4 Å². The topological polar surface area (TPSA) is 73.0 Å². The average Bonchev–Trinajstić information content (AvgIpc) is 2.80. The van der Waals surface area contributed by atoms with E-state index in [-0.39, 0.29) is 15.1 Å². The molecule has 0 bridgehead atoms. The van der Waals surface area contributed by atoms with Crippen LogP contribution < -0.4 is 5.73 Å². The Bertz CT molecular complexity index is 649. The van der Waals surface area contributed by atoms with Crippen LogP contribution in [0.15, 0.2) is 34.5 Å². The molecule has 0 atom stereocenters. The molecule has 0 aliphatic rings. The Hall–Kier alpha value is -1.40. The third-order valence-corrected chi connectivity index (χ3v) is 5.98. The second kappa shape index (κ2) is 5.71. The van der Waals surface area contributed by atoms with E-state index in [1.165, 1.54) is 0 Å². The van der Waals surface area contributed by atoms with Gasteiger partial charge in [-0.3, -0.25) is 0 Å². The highest BCUT2D eigenvalue weighted by molar-refractivity contribution is 7.93. The van der Waals surface area contributed by atoms with Gasteiger partial charge < -0.3 is 5.73 Å². The Kier molecular flexibility index (Phi) is 4.21. The molecule has 2 rings (SSSR count). The first-order chi connectivity index (χ1) is 9.04. The lowest BCUT2D eigenvalue weighted by atomic mass is 10.2. The van der Waals surface area contributed by atoms with Crippen LogP contribution in [0.4, 0.5) is 5.13 Å². The normalized spacial score (nSPS) is 11.6. The van der Waals surface area contributed by atoms with Crippen molar-refractivity contribution < 1.29 is 8.42 Å². The van der Waals surface area contributed by atoms with Crippen LogP contribution in [0.25, 0.3) is 11.3 Å². The molecule has 0 unspecified atom stereocenters. The summed E-state index contributed by atoms with van der Waals surface area (Å²) in [6.45, 7) is 1.97. The lowest BCUT2D eigenvalue weighted by Gasteiger charge is -2.03. The van der Waals surface area contributed by atoms with Crippen molar-refractivity contribution in [3.05, 3.63) is 30.3 Å². The molecule has 0 aliphatic carbocycles. The first-order valence-electron chi connectivity index (χ1n) is 6.09. The first kappa shape index (κ1) is 14.0. The average molecular weight is 296 g/mol. The molecule has 0 saturated heterocycles. The summed E-state index contributed by atoms with van der Waals surface area (Å²) in [4.78, 5) is 4.17. The molecule has 1 heterocycles. The number of thiazole rings is 1. The Morgan fingerprint density at radius 1 is 1.26 bits per heavy atom. The van der Waals surface area contributed by atoms with Gasteiger partial charge >= 0.3 is 0 Å². The summed E-state index contributed by atoms with van der Waals surface area (Å²) in [6.07, 6.45) is 1.49. The maximum Gasteiger partial charge on any atom is 0.190 e. The maximum absolute atomic E-state index is 12.3. The molecule has 4 nitrogen and oxygen atoms in total. The molecule has 0 spiro atoms. The molecule has 0 fully saturated rings. The Balaban J connectivity index is 2.48. The van der Waals surface area contributed by atoms with E-state index in [9.17, 15) is 8.42 Å². The highest BCUT2D eigenvalue weighted by Gasteiger charge is 2.23. The number of anilines is 1. The van der Waals surface area contributed by atoms with E-state index in [2.05, 4.69) is 4.98 Å². The van der Waals surface area contributed by atoms with E-state index >= 15 is 0 Å². The molecule has 102 valence electrons. The fraction of sp³-hybridized carbons (Fsp3) is 0.308. The minimum absolute atomic E-state index is 0.144. The molecule has 0 aliphatic heterocycles. The minimum Gasteiger partial charge on any atom is -0.375 e. The third-order valence-electron chi connectivity index (χ3n) is 2.71. The van der Waals surface area contributed by atoms with E-state index in [1.54, 1.807) is 0 Å². The first-order valence-corrected chi connectivity index (χ1v) is 8.56. The molecule has 19 heavy (non-hydrogen) atoms. The standard InChI is InChI=1S/C13H16N2O2S2/c1-2-3-9-19(16,17)12-11(15-13(14)18-12)10-7-5-4-6-8-10/h4-8H,2-3,9H2,1H3,(H2,14,15). The summed E-state index contributed by atoms with van der Waals surface area (Å²) in [6, 6.07) is 9.27. The molecule has 2 aromatic rings. The third kappa shape index (κ3) is 3.13. The molecule has 0 amide bonds. The van der Waals surface area contributed by atoms with Gasteiger partial charge in [0.2, 0.25) is 0 Å². The second-order valence-electron chi connectivity index (χ2n) is 4.23. The summed E-state index contributed by atoms with van der Waals surface area (Å²) in [5, 5.41) is 0.286. The summed E-state index contributed by atoms with van der Waals surface area (Å²) in [5.74, 6) is 0.144. The van der Waals surface area contributed by atoms with Gasteiger partial charge in [0, 0.05) is 5.56 Å². The SMILES string of the molecule is CCCCS(=O)(=O)c1sc(N)nc1-c1ccccc1. The Morgan fingerprint density at radius 2 is 1.95 bits per heavy atom. The lowest BCUT2D eigenvalue weighted by molar-refractivity contribution is 0.595. The number of sulfone groups is 1. The molecule has 0 saturated carbocycles. The molecule has 1 aromatic heterocycles. The van der Waals surface area contributed by atoms with E-state index < -0.39 is 9.84 Å². The van der Waals surface area contributed by atoms with Crippen molar-refractivity contribution in [3.63, 3.8) is 0 Å². The number of rotatable bonds is 5. The summed E-state index contributed by atoms with van der Waals surface area (Å²) < 4.78 is 24.9. The van der Waals surface area contributed by atoms with Crippen LogP contribution >= 0.6 is 11.3 Å². The van der Waals surface area contributed by atoms with E-state index in [0.29, 0.717) is 12.1 Å². The van der Waals surface area contributed by atoms with Gasteiger partial charge in [-0.2, -0.15) is 0 Å². The van der Waals surface area contributed by atoms with Gasteiger partial charge in [0.15, 0.2) is 15.0 Å². The van der Waals surface area contributed by atoms with Crippen LogP contribution in [0.3, 0.4) is 0 Å². The number of unbranched alkanes of at least 4 members (excludes halogenated alkanes) is 1. The van der Waals surface area contributed by atoms with Crippen molar-refractivity contribution >= 4 is 26.3 Å². The van der Waals surface area contributed by atoms with Crippen LogP contribution in [0, 0.1) is 0 Å². The number of benzene rings is 1. The second-order valence-corrected chi connectivity index (χ2v) is 7.56. The highest BCUT2D eigenvalue weighted by atomic mass is 32.2. The van der Waals surface area contributed by atoms with Crippen LogP contribution in [0.5, 0.6) is 0 Å². The Labute approximate surface area is 117 Å². The van der Waals surface area contributed by atoms with Crippen molar-refractivity contribution in [2.24, 2.45) is 0 Å². The smallest absolute Gasteiger partial charge is 0.190 e. The zero-order valence-corrected chi connectivity index (χ0v) is 12.3. The largest absolute Gasteiger partial charge is 0.375 e. The highest BCUT2D eigenvalue weighted by Crippen LogP contribution is 2.34. The van der Waals surface area contributed by atoms with Gasteiger partial charge in [0.25, 0.3) is 0 Å². The summed E-state index contributed by atoms with van der Waals surface area (Å²) in [5.41, 5.74) is 6.94. The molecule has 1 aromatic carbocycles. The Morgan fingerprint density at radius 3 is 2.58 bits per heavy atom. The van der Waals surface area contributed by atoms with E-state index in [4.69, 9.17) is 5.73 Å². The van der Waals surface area contributed by atoms with Crippen molar-refractivity contribution in [1.29, 1.82) is 0 Å². The van der Waals surface area contributed by atoms with Crippen molar-refractivity contribution in [2.45, 2.75) is 24.0 Å². The van der Waals surface area contributed by atoms with Crippen LogP contribution in [0.1, 0.15) is 19.8 Å². The maximum atomic E-state index is 12.3. The molecule has 6 heteroatoms. The molecular formula is C13H16N2O2S2. The number of nitrogens with two attached hydrogens (primary N) is 1. The molecule has 2 N–H and O–H groups in total. The van der Waals surface area contributed by atoms with Crippen LogP contribution in [-0.4, -0.2) is 19.2 Å².